The van der Waals surface area contributed by atoms with Crippen molar-refractivity contribution in [3.05, 3.63) is 164 Å². The van der Waals surface area contributed by atoms with E-state index < -0.39 is 0 Å². The normalized spacial score (nSPS) is 11.3. The predicted octanol–water partition coefficient (Wildman–Crippen LogP) is 11.3. The number of benzene rings is 7. The zero-order chi connectivity index (χ0) is 28.6. The molecule has 0 bridgehead atoms. The number of hydrogen-bond acceptors (Lipinski definition) is 2. The van der Waals surface area contributed by atoms with Gasteiger partial charge in [-0.2, -0.15) is 0 Å². The number of para-hydroxylation sites is 1. The van der Waals surface area contributed by atoms with Gasteiger partial charge in [0.25, 0.3) is 0 Å². The first-order valence-corrected chi connectivity index (χ1v) is 14.5. The van der Waals surface area contributed by atoms with Gasteiger partial charge in [0.05, 0.1) is 5.52 Å². The molecule has 0 radical (unpaired) electrons. The maximum Gasteiger partial charge on any atom is 0.143 e. The molecular weight excluding hydrogens is 522 g/mol. The minimum absolute atomic E-state index is 0.792. The smallest absolute Gasteiger partial charge is 0.143 e. The first-order chi connectivity index (χ1) is 21.3. The molecule has 202 valence electrons. The summed E-state index contributed by atoms with van der Waals surface area (Å²) in [6.45, 7) is 0. The Morgan fingerprint density at radius 3 is 1.53 bits per heavy atom. The summed E-state index contributed by atoms with van der Waals surface area (Å²) in [7, 11) is 0. The summed E-state index contributed by atoms with van der Waals surface area (Å²) in [5.41, 5.74) is 7.78. The molecule has 0 unspecified atom stereocenters. The highest BCUT2D eigenvalue weighted by Gasteiger charge is 2.20. The largest absolute Gasteiger partial charge is 0.456 e. The molecule has 0 N–H and O–H groups in total. The Morgan fingerprint density at radius 2 is 0.907 bits per heavy atom. The number of nitrogens with zero attached hydrogens (tertiary/aromatic N) is 1. The summed E-state index contributed by atoms with van der Waals surface area (Å²) in [5, 5.41) is 5.41. The monoisotopic (exact) mass is 549 g/mol. The number of hydrogen-bond donors (Lipinski definition) is 0. The van der Waals surface area contributed by atoms with E-state index in [0.717, 1.165) is 71.8 Å². The molecule has 8 aromatic rings. The van der Waals surface area contributed by atoms with Crippen LogP contribution in [-0.4, -0.2) is 4.98 Å². The third-order valence-electron chi connectivity index (χ3n) is 8.12. The summed E-state index contributed by atoms with van der Waals surface area (Å²) < 4.78 is 7.10. The molecule has 7 aromatic carbocycles. The van der Waals surface area contributed by atoms with Crippen LogP contribution in [0.25, 0.3) is 65.8 Å². The molecule has 8 rings (SSSR count). The molecule has 0 aliphatic rings. The number of pyridine rings is 1. The van der Waals surface area contributed by atoms with Gasteiger partial charge in [0, 0.05) is 27.7 Å². The van der Waals surface area contributed by atoms with Crippen LogP contribution < -0.4 is 4.74 Å². The van der Waals surface area contributed by atoms with E-state index in [0.29, 0.717) is 0 Å². The molecule has 0 saturated carbocycles. The van der Waals surface area contributed by atoms with Crippen molar-refractivity contribution in [2.24, 2.45) is 0 Å². The lowest BCUT2D eigenvalue weighted by atomic mass is 9.90. The second kappa shape index (κ2) is 10.6. The van der Waals surface area contributed by atoms with Crippen LogP contribution in [0.2, 0.25) is 0 Å². The molecule has 43 heavy (non-hydrogen) atoms. The van der Waals surface area contributed by atoms with E-state index in [1.54, 1.807) is 0 Å². The Hall–Kier alpha value is -5.73. The van der Waals surface area contributed by atoms with Crippen LogP contribution in [0.4, 0.5) is 0 Å². The van der Waals surface area contributed by atoms with Crippen molar-refractivity contribution in [1.82, 2.24) is 4.98 Å². The van der Waals surface area contributed by atoms with E-state index in [2.05, 4.69) is 140 Å². The van der Waals surface area contributed by atoms with Gasteiger partial charge in [0.15, 0.2) is 0 Å². The average molecular weight is 550 g/mol. The number of rotatable bonds is 5. The van der Waals surface area contributed by atoms with Crippen molar-refractivity contribution in [3.63, 3.8) is 0 Å². The van der Waals surface area contributed by atoms with Crippen LogP contribution in [-0.2, 0) is 0 Å². The third-order valence-corrected chi connectivity index (χ3v) is 8.12. The zero-order valence-corrected chi connectivity index (χ0v) is 23.4. The van der Waals surface area contributed by atoms with Gasteiger partial charge in [-0.05, 0) is 63.0 Å². The van der Waals surface area contributed by atoms with E-state index in [9.17, 15) is 0 Å². The van der Waals surface area contributed by atoms with Crippen molar-refractivity contribution in [2.75, 3.05) is 0 Å². The van der Waals surface area contributed by atoms with Gasteiger partial charge in [0.1, 0.15) is 11.5 Å². The Balaban J connectivity index is 1.44. The second-order valence-corrected chi connectivity index (χ2v) is 10.8. The Bertz CT molecular complexity index is 2180. The molecule has 0 aliphatic carbocycles. The fourth-order valence-corrected chi connectivity index (χ4v) is 6.15. The SMILES string of the molecule is c1ccc(-c2cc(Oc3c4ccccc4c(-c4ccccc4)c4cnc5ccccc5c34)cc(-c3ccccc3)c2)cc1. The zero-order valence-electron chi connectivity index (χ0n) is 23.4. The maximum atomic E-state index is 7.10. The molecule has 0 spiro atoms. The Morgan fingerprint density at radius 1 is 0.395 bits per heavy atom. The van der Waals surface area contributed by atoms with Gasteiger partial charge in [0.2, 0.25) is 0 Å². The fourth-order valence-electron chi connectivity index (χ4n) is 6.15. The minimum atomic E-state index is 0.792. The van der Waals surface area contributed by atoms with Crippen molar-refractivity contribution in [3.8, 4) is 44.9 Å². The highest BCUT2D eigenvalue weighted by molar-refractivity contribution is 6.23. The molecule has 0 amide bonds. The van der Waals surface area contributed by atoms with Gasteiger partial charge in [-0.15, -0.1) is 0 Å². The van der Waals surface area contributed by atoms with Crippen LogP contribution in [0, 0.1) is 0 Å². The molecular formula is C41H27NO. The first-order valence-electron chi connectivity index (χ1n) is 14.5. The lowest BCUT2D eigenvalue weighted by Crippen LogP contribution is -1.95. The molecule has 0 saturated heterocycles. The van der Waals surface area contributed by atoms with Crippen LogP contribution in [0.5, 0.6) is 11.5 Å². The molecule has 1 aromatic heterocycles. The van der Waals surface area contributed by atoms with Gasteiger partial charge in [-0.3, -0.25) is 4.98 Å². The van der Waals surface area contributed by atoms with Crippen molar-refractivity contribution in [2.45, 2.75) is 0 Å². The molecule has 2 nitrogen and oxygen atoms in total. The Kier molecular flexibility index (Phi) is 6.16. The third kappa shape index (κ3) is 4.50. The van der Waals surface area contributed by atoms with E-state index >= 15 is 0 Å². The molecule has 0 atom stereocenters. The summed E-state index contributed by atoms with van der Waals surface area (Å²) in [6, 6.07) is 55.0. The topological polar surface area (TPSA) is 22.1 Å². The van der Waals surface area contributed by atoms with E-state index in [1.165, 1.54) is 5.56 Å². The predicted molar refractivity (Wildman–Crippen MR) is 180 cm³/mol. The van der Waals surface area contributed by atoms with Gasteiger partial charge in [-0.1, -0.05) is 133 Å². The van der Waals surface area contributed by atoms with Gasteiger partial charge in [-0.25, -0.2) is 0 Å². The molecule has 0 aliphatic heterocycles. The lowest BCUT2D eigenvalue weighted by Gasteiger charge is -2.19. The number of aromatic nitrogens is 1. The fraction of sp³-hybridized carbons (Fsp3) is 0. The maximum absolute atomic E-state index is 7.10. The first kappa shape index (κ1) is 25.0. The summed E-state index contributed by atoms with van der Waals surface area (Å²) in [6.07, 6.45) is 2.01. The molecule has 2 heteroatoms. The van der Waals surface area contributed by atoms with Gasteiger partial charge >= 0.3 is 0 Å². The van der Waals surface area contributed by atoms with E-state index in [4.69, 9.17) is 9.72 Å². The average Bonchev–Trinajstić information content (AvgIpc) is 3.09. The van der Waals surface area contributed by atoms with E-state index in [-0.39, 0.29) is 0 Å². The lowest BCUT2D eigenvalue weighted by molar-refractivity contribution is 0.494. The molecule has 1 heterocycles. The highest BCUT2D eigenvalue weighted by Crippen LogP contribution is 2.47. The van der Waals surface area contributed by atoms with Crippen LogP contribution >= 0.6 is 0 Å². The number of fused-ring (bicyclic) bond motifs is 4. The quantitative estimate of drug-likeness (QED) is 0.157. The van der Waals surface area contributed by atoms with Crippen molar-refractivity contribution >= 4 is 32.4 Å². The van der Waals surface area contributed by atoms with Crippen LogP contribution in [0.15, 0.2) is 164 Å². The van der Waals surface area contributed by atoms with Crippen LogP contribution in [0.1, 0.15) is 0 Å². The molecule has 0 fully saturated rings. The number of ether oxygens (including phenoxy) is 1. The van der Waals surface area contributed by atoms with Crippen LogP contribution in [0.3, 0.4) is 0 Å². The van der Waals surface area contributed by atoms with Crippen molar-refractivity contribution < 1.29 is 4.74 Å². The van der Waals surface area contributed by atoms with E-state index in [1.807, 2.05) is 24.4 Å². The van der Waals surface area contributed by atoms with Gasteiger partial charge < -0.3 is 4.74 Å². The summed E-state index contributed by atoms with van der Waals surface area (Å²) in [5.74, 6) is 1.63. The Labute approximate surface area is 250 Å². The van der Waals surface area contributed by atoms with Crippen molar-refractivity contribution in [1.29, 1.82) is 0 Å². The summed E-state index contributed by atoms with van der Waals surface area (Å²) in [4.78, 5) is 4.90. The standard InChI is InChI=1S/C41H27NO/c1-4-14-28(15-5-1)31-24-32(29-16-6-2-7-17-29)26-33(25-31)43-41-35-21-11-10-20-34(35)39(30-18-8-3-9-19-30)37-27-42-38-23-13-12-22-36(38)40(37)41/h1-27H. The summed E-state index contributed by atoms with van der Waals surface area (Å²) >= 11 is 0. The second-order valence-electron chi connectivity index (χ2n) is 10.8. The minimum Gasteiger partial charge on any atom is -0.456 e. The highest BCUT2D eigenvalue weighted by atomic mass is 16.5.